The van der Waals surface area contributed by atoms with Crippen molar-refractivity contribution in [3.05, 3.63) is 72.0 Å². The Morgan fingerprint density at radius 1 is 0.912 bits per heavy atom. The van der Waals surface area contributed by atoms with Crippen molar-refractivity contribution in [3.8, 4) is 11.1 Å². The molecule has 0 aliphatic heterocycles. The Bertz CT molecular complexity index is 1030. The van der Waals surface area contributed by atoms with Gasteiger partial charge >= 0.3 is 11.9 Å². The van der Waals surface area contributed by atoms with Crippen LogP contribution in [-0.4, -0.2) is 43.9 Å². The number of hydrogen-bond donors (Lipinski definition) is 1. The van der Waals surface area contributed by atoms with E-state index < -0.39 is 17.8 Å². The van der Waals surface area contributed by atoms with Crippen molar-refractivity contribution in [2.24, 2.45) is 5.10 Å². The summed E-state index contributed by atoms with van der Waals surface area (Å²) >= 11 is 0. The van der Waals surface area contributed by atoms with Gasteiger partial charge in [0, 0.05) is 5.56 Å². The van der Waals surface area contributed by atoms with Crippen molar-refractivity contribution in [1.29, 1.82) is 0 Å². The molecule has 2 aromatic carbocycles. The fraction of sp³-hybridized carbons (Fsp3) is 0.308. The zero-order valence-corrected chi connectivity index (χ0v) is 19.9. The van der Waals surface area contributed by atoms with Gasteiger partial charge in [-0.1, -0.05) is 42.5 Å². The second-order valence-electron chi connectivity index (χ2n) is 7.55. The molecular formula is C26H30N2O6. The zero-order valence-electron chi connectivity index (χ0n) is 19.9. The third-order valence-electron chi connectivity index (χ3n) is 4.68. The third-order valence-corrected chi connectivity index (χ3v) is 4.68. The second-order valence-corrected chi connectivity index (χ2v) is 7.55. The van der Waals surface area contributed by atoms with E-state index in [0.29, 0.717) is 18.4 Å². The first kappa shape index (κ1) is 26.3. The van der Waals surface area contributed by atoms with E-state index >= 15 is 0 Å². The number of benzene rings is 2. The number of rotatable bonds is 11. The maximum absolute atomic E-state index is 12.6. The van der Waals surface area contributed by atoms with Crippen molar-refractivity contribution in [2.45, 2.75) is 39.2 Å². The van der Waals surface area contributed by atoms with E-state index in [0.717, 1.165) is 11.1 Å². The number of nitrogens with zero attached hydrogens (tertiary/aromatic N) is 1. The molecule has 8 nitrogen and oxygen atoms in total. The molecule has 0 saturated heterocycles. The zero-order chi connectivity index (χ0) is 24.9. The van der Waals surface area contributed by atoms with Crippen LogP contribution in [0.3, 0.4) is 0 Å². The Morgan fingerprint density at radius 2 is 1.56 bits per heavy atom. The summed E-state index contributed by atoms with van der Waals surface area (Å²) in [5.41, 5.74) is 4.95. The number of unbranched alkanes of at least 4 members (excludes halogenated alkanes) is 1. The molecule has 34 heavy (non-hydrogen) atoms. The number of hydrogen-bond acceptors (Lipinski definition) is 7. The van der Waals surface area contributed by atoms with Crippen molar-refractivity contribution in [1.82, 2.24) is 5.43 Å². The Balaban J connectivity index is 2.05. The lowest BCUT2D eigenvalue weighted by molar-refractivity contribution is -0.140. The van der Waals surface area contributed by atoms with Gasteiger partial charge in [0.05, 0.1) is 20.3 Å². The summed E-state index contributed by atoms with van der Waals surface area (Å²) in [5, 5.41) is 4.02. The van der Waals surface area contributed by atoms with E-state index in [1.807, 2.05) is 42.5 Å². The molecule has 0 atom stereocenters. The van der Waals surface area contributed by atoms with Gasteiger partial charge in [0.25, 0.3) is 5.91 Å². The average molecular weight is 467 g/mol. The molecule has 0 aliphatic rings. The molecule has 0 fully saturated rings. The molecular weight excluding hydrogens is 436 g/mol. The molecule has 1 N–H and O–H groups in total. The molecule has 0 heterocycles. The maximum atomic E-state index is 12.6. The van der Waals surface area contributed by atoms with Gasteiger partial charge in [0.1, 0.15) is 5.71 Å². The van der Waals surface area contributed by atoms with Crippen LogP contribution >= 0.6 is 0 Å². The second kappa shape index (κ2) is 13.6. The van der Waals surface area contributed by atoms with Crippen LogP contribution in [0.1, 0.15) is 43.5 Å². The number of nitrogens with one attached hydrogen (secondary N) is 1. The van der Waals surface area contributed by atoms with Gasteiger partial charge in [-0.3, -0.25) is 4.79 Å². The largest absolute Gasteiger partial charge is 0.490 e. The Kier molecular flexibility index (Phi) is 10.5. The predicted molar refractivity (Wildman–Crippen MR) is 129 cm³/mol. The van der Waals surface area contributed by atoms with E-state index in [1.54, 1.807) is 32.1 Å². The van der Waals surface area contributed by atoms with E-state index in [4.69, 9.17) is 9.47 Å². The molecule has 8 heteroatoms. The summed E-state index contributed by atoms with van der Waals surface area (Å²) < 4.78 is 14.8. The van der Waals surface area contributed by atoms with E-state index in [2.05, 4.69) is 15.3 Å². The topological polar surface area (TPSA) is 103 Å². The van der Waals surface area contributed by atoms with Crippen LogP contribution in [0.15, 0.2) is 71.5 Å². The fourth-order valence-electron chi connectivity index (χ4n) is 2.97. The van der Waals surface area contributed by atoms with Gasteiger partial charge in [-0.05, 0) is 62.4 Å². The molecule has 1 amide bonds. The molecule has 0 aliphatic carbocycles. The molecule has 0 saturated carbocycles. The van der Waals surface area contributed by atoms with Crippen LogP contribution in [-0.2, 0) is 23.8 Å². The highest BCUT2D eigenvalue weighted by Crippen LogP contribution is 2.19. The predicted octanol–water partition coefficient (Wildman–Crippen LogP) is 4.26. The first-order valence-corrected chi connectivity index (χ1v) is 10.9. The van der Waals surface area contributed by atoms with E-state index in [9.17, 15) is 14.4 Å². The molecule has 0 aromatic heterocycles. The molecule has 180 valence electrons. The standard InChI is InChI=1S/C26H30N2O6/c1-18(2)34-25(30)22(12-8-9-13-23(32-3)26(31)33-4)27-28-24(29)21-16-14-20(15-17-21)19-10-6-5-7-11-19/h5-7,10-11,13-18H,8-9,12H2,1-4H3,(H,28,29)/b23-13-,27-22-. The average Bonchev–Trinajstić information content (AvgIpc) is 2.85. The van der Waals surface area contributed by atoms with Crippen LogP contribution in [0.5, 0.6) is 0 Å². The lowest BCUT2D eigenvalue weighted by Gasteiger charge is -2.10. The summed E-state index contributed by atoms with van der Waals surface area (Å²) in [4.78, 5) is 36.5. The number of ether oxygens (including phenoxy) is 3. The maximum Gasteiger partial charge on any atom is 0.372 e. The number of allylic oxidation sites excluding steroid dienone is 1. The van der Waals surface area contributed by atoms with Gasteiger partial charge in [-0.2, -0.15) is 5.10 Å². The van der Waals surface area contributed by atoms with Crippen molar-refractivity contribution < 1.29 is 28.6 Å². The molecule has 2 rings (SSSR count). The van der Waals surface area contributed by atoms with Crippen molar-refractivity contribution in [2.75, 3.05) is 14.2 Å². The number of carbonyl (C=O) groups is 3. The van der Waals surface area contributed by atoms with E-state index in [1.165, 1.54) is 14.2 Å². The lowest BCUT2D eigenvalue weighted by atomic mass is 10.0. The summed E-state index contributed by atoms with van der Waals surface area (Å²) in [7, 11) is 2.64. The van der Waals surface area contributed by atoms with Crippen LogP contribution in [0, 0.1) is 0 Å². The lowest BCUT2D eigenvalue weighted by Crippen LogP contribution is -2.26. The quantitative estimate of drug-likeness (QED) is 0.133. The number of esters is 2. The number of hydrazone groups is 1. The first-order chi connectivity index (χ1) is 16.3. The molecule has 0 radical (unpaired) electrons. The van der Waals surface area contributed by atoms with Crippen LogP contribution < -0.4 is 5.43 Å². The van der Waals surface area contributed by atoms with Crippen LogP contribution in [0.4, 0.5) is 0 Å². The number of carbonyl (C=O) groups excluding carboxylic acids is 3. The minimum absolute atomic E-state index is 0.0772. The van der Waals surface area contributed by atoms with Gasteiger partial charge in [-0.25, -0.2) is 15.0 Å². The molecule has 0 bridgehead atoms. The number of methoxy groups -OCH3 is 2. The fourth-order valence-corrected chi connectivity index (χ4v) is 2.97. The summed E-state index contributed by atoms with van der Waals surface area (Å²) in [6, 6.07) is 16.9. The normalized spacial score (nSPS) is 11.7. The van der Waals surface area contributed by atoms with Crippen molar-refractivity contribution in [3.63, 3.8) is 0 Å². The Morgan fingerprint density at radius 3 is 2.15 bits per heavy atom. The van der Waals surface area contributed by atoms with Crippen molar-refractivity contribution >= 4 is 23.6 Å². The highest BCUT2D eigenvalue weighted by Gasteiger charge is 2.16. The summed E-state index contributed by atoms with van der Waals surface area (Å²) in [5.74, 6) is -1.56. The summed E-state index contributed by atoms with van der Waals surface area (Å²) in [6.45, 7) is 3.46. The molecule has 2 aromatic rings. The highest BCUT2D eigenvalue weighted by molar-refractivity contribution is 6.36. The first-order valence-electron chi connectivity index (χ1n) is 10.9. The van der Waals surface area contributed by atoms with Gasteiger partial charge in [0.15, 0.2) is 5.76 Å². The molecule has 0 spiro atoms. The number of amides is 1. The third kappa shape index (κ3) is 8.20. The Labute approximate surface area is 199 Å². The summed E-state index contributed by atoms with van der Waals surface area (Å²) in [6.07, 6.45) is 2.37. The van der Waals surface area contributed by atoms with E-state index in [-0.39, 0.29) is 24.0 Å². The minimum Gasteiger partial charge on any atom is -0.490 e. The Hall–Kier alpha value is -3.94. The smallest absolute Gasteiger partial charge is 0.372 e. The molecule has 0 unspecified atom stereocenters. The SMILES string of the molecule is COC(=O)/C(=C/CCC/C(=N/NC(=O)c1ccc(-c2ccccc2)cc1)C(=O)OC(C)C)OC. The van der Waals surface area contributed by atoms with Crippen LogP contribution in [0.2, 0.25) is 0 Å². The van der Waals surface area contributed by atoms with Crippen LogP contribution in [0.25, 0.3) is 11.1 Å². The monoisotopic (exact) mass is 466 g/mol. The van der Waals surface area contributed by atoms with Gasteiger partial charge in [0.2, 0.25) is 0 Å². The minimum atomic E-state index is -0.612. The van der Waals surface area contributed by atoms with Gasteiger partial charge in [-0.15, -0.1) is 0 Å². The highest BCUT2D eigenvalue weighted by atomic mass is 16.6. The van der Waals surface area contributed by atoms with Gasteiger partial charge < -0.3 is 14.2 Å².